The molecule has 1 aliphatic rings. The Morgan fingerprint density at radius 1 is 1.37 bits per heavy atom. The zero-order chi connectivity index (χ0) is 13.8. The topological polar surface area (TPSA) is 39.1 Å². The number of hydrogen-bond donors (Lipinski definition) is 1. The van der Waals surface area contributed by atoms with Crippen molar-refractivity contribution in [3.05, 3.63) is 11.3 Å². The third-order valence-electron chi connectivity index (χ3n) is 4.44. The molecule has 1 aliphatic carbocycles. The van der Waals surface area contributed by atoms with E-state index < -0.39 is 0 Å². The van der Waals surface area contributed by atoms with Crippen molar-refractivity contribution in [1.29, 1.82) is 0 Å². The van der Waals surface area contributed by atoms with Gasteiger partial charge in [-0.05, 0) is 32.6 Å². The summed E-state index contributed by atoms with van der Waals surface area (Å²) in [7, 11) is 3.64. The first-order chi connectivity index (χ1) is 9.13. The molecule has 0 amide bonds. The average Bonchev–Trinajstić information content (AvgIpc) is 2.70. The van der Waals surface area contributed by atoms with Gasteiger partial charge in [0.1, 0.15) is 0 Å². The summed E-state index contributed by atoms with van der Waals surface area (Å²) in [6, 6.07) is 0.574. The standard InChI is InChI=1S/C15H27N3O/c1-11(13-8-6-5-7-9-13)16-10-14-12(2)17-18(3)15(14)19-4/h11,13,16H,5-10H2,1-4H3/t11-/m1/s1. The molecule has 108 valence electrons. The summed E-state index contributed by atoms with van der Waals surface area (Å²) in [6.45, 7) is 5.21. The predicted octanol–water partition coefficient (Wildman–Crippen LogP) is 2.80. The van der Waals surface area contributed by atoms with Gasteiger partial charge in [-0.15, -0.1) is 0 Å². The number of rotatable bonds is 5. The Balaban J connectivity index is 1.94. The first-order valence-corrected chi connectivity index (χ1v) is 7.43. The van der Waals surface area contributed by atoms with E-state index in [0.29, 0.717) is 6.04 Å². The van der Waals surface area contributed by atoms with Crippen molar-refractivity contribution in [2.24, 2.45) is 13.0 Å². The van der Waals surface area contributed by atoms with Gasteiger partial charge < -0.3 is 10.1 Å². The molecule has 1 fully saturated rings. The van der Waals surface area contributed by atoms with Crippen LogP contribution in [-0.2, 0) is 13.6 Å². The third kappa shape index (κ3) is 3.30. The van der Waals surface area contributed by atoms with Crippen molar-refractivity contribution in [2.45, 2.75) is 58.5 Å². The molecule has 0 unspecified atom stereocenters. The van der Waals surface area contributed by atoms with E-state index in [2.05, 4.69) is 17.3 Å². The summed E-state index contributed by atoms with van der Waals surface area (Å²) in [5.74, 6) is 1.71. The number of ether oxygens (including phenoxy) is 1. The lowest BCUT2D eigenvalue weighted by molar-refractivity contribution is 0.279. The van der Waals surface area contributed by atoms with Crippen molar-refractivity contribution < 1.29 is 4.74 Å². The van der Waals surface area contributed by atoms with Gasteiger partial charge in [0.25, 0.3) is 0 Å². The van der Waals surface area contributed by atoms with Gasteiger partial charge in [0.15, 0.2) is 0 Å². The lowest BCUT2D eigenvalue weighted by Crippen LogP contribution is -2.34. The SMILES string of the molecule is COc1c(CN[C@H](C)C2CCCCC2)c(C)nn1C. The van der Waals surface area contributed by atoms with Crippen LogP contribution in [0.4, 0.5) is 0 Å². The molecule has 0 aliphatic heterocycles. The number of aromatic nitrogens is 2. The largest absolute Gasteiger partial charge is 0.481 e. The van der Waals surface area contributed by atoms with Crippen molar-refractivity contribution in [2.75, 3.05) is 7.11 Å². The molecule has 0 aromatic carbocycles. The highest BCUT2D eigenvalue weighted by Crippen LogP contribution is 2.27. The van der Waals surface area contributed by atoms with E-state index in [1.807, 2.05) is 18.7 Å². The molecule has 19 heavy (non-hydrogen) atoms. The normalized spacial score (nSPS) is 18.5. The van der Waals surface area contributed by atoms with Crippen molar-refractivity contribution in [1.82, 2.24) is 15.1 Å². The number of nitrogens with zero attached hydrogens (tertiary/aromatic N) is 2. The number of methoxy groups -OCH3 is 1. The third-order valence-corrected chi connectivity index (χ3v) is 4.44. The smallest absolute Gasteiger partial charge is 0.216 e. The summed E-state index contributed by atoms with van der Waals surface area (Å²) in [4.78, 5) is 0. The molecular weight excluding hydrogens is 238 g/mol. The Bertz CT molecular complexity index is 408. The minimum Gasteiger partial charge on any atom is -0.481 e. The predicted molar refractivity (Wildman–Crippen MR) is 77.4 cm³/mol. The molecule has 1 heterocycles. The summed E-state index contributed by atoms with van der Waals surface area (Å²) < 4.78 is 7.25. The Hall–Kier alpha value is -1.03. The number of nitrogens with one attached hydrogen (secondary N) is 1. The Labute approximate surface area is 116 Å². The van der Waals surface area contributed by atoms with Crippen LogP contribution in [0.25, 0.3) is 0 Å². The van der Waals surface area contributed by atoms with Crippen molar-refractivity contribution in [3.63, 3.8) is 0 Å². The molecule has 1 atom stereocenters. The maximum absolute atomic E-state index is 5.44. The van der Waals surface area contributed by atoms with Gasteiger partial charge in [-0.25, -0.2) is 4.68 Å². The lowest BCUT2D eigenvalue weighted by atomic mass is 9.84. The van der Waals surface area contributed by atoms with Crippen LogP contribution < -0.4 is 10.1 Å². The van der Waals surface area contributed by atoms with E-state index in [1.165, 1.54) is 37.7 Å². The molecule has 1 saturated carbocycles. The Morgan fingerprint density at radius 2 is 2.05 bits per heavy atom. The van der Waals surface area contributed by atoms with Crippen LogP contribution in [0.15, 0.2) is 0 Å². The zero-order valence-electron chi connectivity index (χ0n) is 12.7. The van der Waals surface area contributed by atoms with Crippen LogP contribution in [-0.4, -0.2) is 22.9 Å². The maximum Gasteiger partial charge on any atom is 0.216 e. The monoisotopic (exact) mass is 265 g/mol. The van der Waals surface area contributed by atoms with Gasteiger partial charge in [-0.2, -0.15) is 5.10 Å². The zero-order valence-corrected chi connectivity index (χ0v) is 12.7. The molecule has 1 aromatic heterocycles. The summed E-state index contributed by atoms with van der Waals surface area (Å²) in [5, 5.41) is 8.09. The van der Waals surface area contributed by atoms with E-state index in [4.69, 9.17) is 4.74 Å². The van der Waals surface area contributed by atoms with Crippen LogP contribution in [0.3, 0.4) is 0 Å². The highest BCUT2D eigenvalue weighted by Gasteiger charge is 2.21. The summed E-state index contributed by atoms with van der Waals surface area (Å²) in [5.41, 5.74) is 2.25. The molecule has 2 rings (SSSR count). The quantitative estimate of drug-likeness (QED) is 0.890. The van der Waals surface area contributed by atoms with Crippen LogP contribution in [0.5, 0.6) is 5.88 Å². The minimum absolute atomic E-state index is 0.574. The van der Waals surface area contributed by atoms with Crippen LogP contribution in [0, 0.1) is 12.8 Å². The molecule has 1 N–H and O–H groups in total. The van der Waals surface area contributed by atoms with Gasteiger partial charge in [0.05, 0.1) is 18.4 Å². The molecule has 0 saturated heterocycles. The fourth-order valence-electron chi connectivity index (χ4n) is 3.20. The van der Waals surface area contributed by atoms with E-state index >= 15 is 0 Å². The molecule has 0 spiro atoms. The Kier molecular flexibility index (Phi) is 4.86. The molecule has 4 heteroatoms. The molecular formula is C15H27N3O. The number of aryl methyl sites for hydroxylation is 2. The molecule has 0 bridgehead atoms. The lowest BCUT2D eigenvalue weighted by Gasteiger charge is -2.28. The molecule has 1 aromatic rings. The second-order valence-electron chi connectivity index (χ2n) is 5.76. The minimum atomic E-state index is 0.574. The van der Waals surface area contributed by atoms with Crippen molar-refractivity contribution in [3.8, 4) is 5.88 Å². The van der Waals surface area contributed by atoms with Gasteiger partial charge in [0.2, 0.25) is 5.88 Å². The first kappa shape index (κ1) is 14.4. The second kappa shape index (κ2) is 6.42. The van der Waals surface area contributed by atoms with Crippen LogP contribution in [0.2, 0.25) is 0 Å². The molecule has 0 radical (unpaired) electrons. The van der Waals surface area contributed by atoms with E-state index in [-0.39, 0.29) is 0 Å². The van der Waals surface area contributed by atoms with E-state index in [9.17, 15) is 0 Å². The van der Waals surface area contributed by atoms with E-state index in [1.54, 1.807) is 7.11 Å². The second-order valence-corrected chi connectivity index (χ2v) is 5.76. The van der Waals surface area contributed by atoms with E-state index in [0.717, 1.165) is 24.0 Å². The molecule has 4 nitrogen and oxygen atoms in total. The maximum atomic E-state index is 5.44. The van der Waals surface area contributed by atoms with Gasteiger partial charge in [0, 0.05) is 19.6 Å². The Morgan fingerprint density at radius 3 is 2.68 bits per heavy atom. The van der Waals surface area contributed by atoms with Crippen LogP contribution >= 0.6 is 0 Å². The van der Waals surface area contributed by atoms with Crippen molar-refractivity contribution >= 4 is 0 Å². The highest BCUT2D eigenvalue weighted by molar-refractivity contribution is 5.30. The fourth-order valence-corrected chi connectivity index (χ4v) is 3.20. The average molecular weight is 265 g/mol. The summed E-state index contributed by atoms with van der Waals surface area (Å²) >= 11 is 0. The summed E-state index contributed by atoms with van der Waals surface area (Å²) in [6.07, 6.45) is 6.95. The first-order valence-electron chi connectivity index (χ1n) is 7.43. The number of hydrogen-bond acceptors (Lipinski definition) is 3. The van der Waals surface area contributed by atoms with Gasteiger partial charge in [-0.1, -0.05) is 19.3 Å². The highest BCUT2D eigenvalue weighted by atomic mass is 16.5. The van der Waals surface area contributed by atoms with Crippen LogP contribution in [0.1, 0.15) is 50.3 Å². The fraction of sp³-hybridized carbons (Fsp3) is 0.800. The van der Waals surface area contributed by atoms with Gasteiger partial charge in [-0.3, -0.25) is 0 Å². The van der Waals surface area contributed by atoms with Gasteiger partial charge >= 0.3 is 0 Å².